The van der Waals surface area contributed by atoms with Gasteiger partial charge in [0.15, 0.2) is 17.5 Å². The molecule has 0 heterocycles. The summed E-state index contributed by atoms with van der Waals surface area (Å²) in [5.41, 5.74) is -2.01. The Morgan fingerprint density at radius 3 is 2.04 bits per heavy atom. The number of halogens is 3. The van der Waals surface area contributed by atoms with Gasteiger partial charge in [-0.15, -0.1) is 0 Å². The van der Waals surface area contributed by atoms with E-state index in [1.807, 2.05) is 0 Å². The number of carbonyl (C=O) groups is 2. The van der Waals surface area contributed by atoms with Crippen molar-refractivity contribution in [2.75, 3.05) is 24.9 Å². The number of methoxy groups -OCH3 is 2. The number of anilines is 2. The van der Waals surface area contributed by atoms with Crippen LogP contribution in [0.2, 0.25) is 0 Å². The van der Waals surface area contributed by atoms with Crippen molar-refractivity contribution < 1.29 is 32.2 Å². The zero-order valence-corrected chi connectivity index (χ0v) is 15.7. The lowest BCUT2D eigenvalue weighted by molar-refractivity contribution is -0.135. The summed E-state index contributed by atoms with van der Waals surface area (Å²) >= 11 is 0. The summed E-state index contributed by atoms with van der Waals surface area (Å²) in [6.07, 6.45) is 0. The SMILES string of the molecule is COc1ccc(OC)c(NC(=O)C(C)(C)C(=O)Nc2ccc(F)c(F)c2F)c1. The summed E-state index contributed by atoms with van der Waals surface area (Å²) in [5.74, 6) is -5.55. The van der Waals surface area contributed by atoms with Crippen molar-refractivity contribution in [3.05, 3.63) is 47.8 Å². The summed E-state index contributed by atoms with van der Waals surface area (Å²) in [7, 11) is 2.85. The molecule has 0 atom stereocenters. The third-order valence-corrected chi connectivity index (χ3v) is 4.07. The van der Waals surface area contributed by atoms with Crippen LogP contribution in [0, 0.1) is 22.9 Å². The molecule has 2 rings (SSSR count). The van der Waals surface area contributed by atoms with Crippen molar-refractivity contribution >= 4 is 23.2 Å². The molecule has 2 aromatic carbocycles. The van der Waals surface area contributed by atoms with E-state index in [4.69, 9.17) is 9.47 Å². The van der Waals surface area contributed by atoms with Crippen LogP contribution >= 0.6 is 0 Å². The summed E-state index contributed by atoms with van der Waals surface area (Å²) in [5, 5.41) is 4.64. The molecule has 0 saturated heterocycles. The van der Waals surface area contributed by atoms with Gasteiger partial charge < -0.3 is 20.1 Å². The molecule has 2 aromatic rings. The Kier molecular flexibility index (Phi) is 6.17. The second-order valence-corrected chi connectivity index (χ2v) is 6.32. The predicted molar refractivity (Wildman–Crippen MR) is 96.9 cm³/mol. The normalized spacial score (nSPS) is 11.0. The van der Waals surface area contributed by atoms with Crippen molar-refractivity contribution in [2.45, 2.75) is 13.8 Å². The molecule has 6 nitrogen and oxygen atoms in total. The van der Waals surface area contributed by atoms with Gasteiger partial charge in [0, 0.05) is 6.07 Å². The molecular formula is C19H19F3N2O4. The van der Waals surface area contributed by atoms with E-state index in [2.05, 4.69) is 10.6 Å². The molecule has 0 aliphatic rings. The molecule has 28 heavy (non-hydrogen) atoms. The molecule has 2 amide bonds. The van der Waals surface area contributed by atoms with Crippen LogP contribution in [0.3, 0.4) is 0 Å². The van der Waals surface area contributed by atoms with Crippen molar-refractivity contribution in [2.24, 2.45) is 5.41 Å². The Bertz CT molecular complexity index is 916. The first-order valence-corrected chi connectivity index (χ1v) is 8.10. The van der Waals surface area contributed by atoms with E-state index in [-0.39, 0.29) is 5.69 Å². The Hall–Kier alpha value is -3.23. The van der Waals surface area contributed by atoms with Gasteiger partial charge in [0.1, 0.15) is 16.9 Å². The van der Waals surface area contributed by atoms with Crippen LogP contribution in [-0.2, 0) is 9.59 Å². The number of nitrogens with one attached hydrogen (secondary N) is 2. The van der Waals surface area contributed by atoms with Gasteiger partial charge in [-0.2, -0.15) is 0 Å². The largest absolute Gasteiger partial charge is 0.497 e. The van der Waals surface area contributed by atoms with Gasteiger partial charge in [0.05, 0.1) is 25.6 Å². The van der Waals surface area contributed by atoms with E-state index in [0.29, 0.717) is 17.6 Å². The minimum atomic E-state index is -1.72. The van der Waals surface area contributed by atoms with Gasteiger partial charge >= 0.3 is 0 Å². The van der Waals surface area contributed by atoms with Crippen LogP contribution in [0.25, 0.3) is 0 Å². The zero-order chi connectivity index (χ0) is 21.1. The minimum Gasteiger partial charge on any atom is -0.497 e. The smallest absolute Gasteiger partial charge is 0.239 e. The van der Waals surface area contributed by atoms with Crippen LogP contribution in [0.1, 0.15) is 13.8 Å². The molecule has 0 radical (unpaired) electrons. The average molecular weight is 396 g/mol. The van der Waals surface area contributed by atoms with Crippen LogP contribution in [0.5, 0.6) is 11.5 Å². The maximum Gasteiger partial charge on any atom is 0.239 e. The van der Waals surface area contributed by atoms with Crippen LogP contribution in [-0.4, -0.2) is 26.0 Å². The highest BCUT2D eigenvalue weighted by Crippen LogP contribution is 2.31. The molecule has 0 aromatic heterocycles. The van der Waals surface area contributed by atoms with Crippen molar-refractivity contribution in [1.29, 1.82) is 0 Å². The first-order valence-electron chi connectivity index (χ1n) is 8.10. The predicted octanol–water partition coefficient (Wildman–Crippen LogP) is 3.72. The summed E-state index contributed by atoms with van der Waals surface area (Å²) < 4.78 is 50.4. The molecule has 0 aliphatic heterocycles. The third kappa shape index (κ3) is 4.19. The number of amides is 2. The first-order chi connectivity index (χ1) is 13.1. The second-order valence-electron chi connectivity index (χ2n) is 6.32. The zero-order valence-electron chi connectivity index (χ0n) is 15.7. The fourth-order valence-corrected chi connectivity index (χ4v) is 2.19. The molecule has 9 heteroatoms. The van der Waals surface area contributed by atoms with Crippen LogP contribution in [0.4, 0.5) is 24.5 Å². The fraction of sp³-hybridized carbons (Fsp3) is 0.263. The number of rotatable bonds is 6. The Morgan fingerprint density at radius 1 is 0.857 bits per heavy atom. The van der Waals surface area contributed by atoms with E-state index in [1.165, 1.54) is 34.1 Å². The van der Waals surface area contributed by atoms with Gasteiger partial charge in [0.25, 0.3) is 0 Å². The minimum absolute atomic E-state index is 0.256. The third-order valence-electron chi connectivity index (χ3n) is 4.07. The quantitative estimate of drug-likeness (QED) is 0.576. The fourth-order valence-electron chi connectivity index (χ4n) is 2.19. The lowest BCUT2D eigenvalue weighted by Crippen LogP contribution is -2.41. The highest BCUT2D eigenvalue weighted by molar-refractivity contribution is 6.14. The Labute approximate surface area is 159 Å². The van der Waals surface area contributed by atoms with Gasteiger partial charge in [0.2, 0.25) is 11.8 Å². The maximum absolute atomic E-state index is 13.8. The van der Waals surface area contributed by atoms with Gasteiger partial charge in [-0.25, -0.2) is 13.2 Å². The van der Waals surface area contributed by atoms with Crippen molar-refractivity contribution in [1.82, 2.24) is 0 Å². The van der Waals surface area contributed by atoms with Crippen LogP contribution in [0.15, 0.2) is 30.3 Å². The first kappa shape index (κ1) is 21.1. The summed E-state index contributed by atoms with van der Waals surface area (Å²) in [6, 6.07) is 6.23. The lowest BCUT2D eigenvalue weighted by atomic mass is 9.90. The topological polar surface area (TPSA) is 76.7 Å². The molecular weight excluding hydrogens is 377 g/mol. The molecule has 0 unspecified atom stereocenters. The van der Waals surface area contributed by atoms with E-state index in [9.17, 15) is 22.8 Å². The number of carbonyl (C=O) groups excluding carboxylic acids is 2. The van der Waals surface area contributed by atoms with E-state index >= 15 is 0 Å². The molecule has 0 saturated carbocycles. The maximum atomic E-state index is 13.8. The summed E-state index contributed by atoms with van der Waals surface area (Å²) in [6.45, 7) is 2.59. The van der Waals surface area contributed by atoms with E-state index in [1.54, 1.807) is 12.1 Å². The number of benzene rings is 2. The number of hydrogen-bond acceptors (Lipinski definition) is 4. The lowest BCUT2D eigenvalue weighted by Gasteiger charge is -2.23. The molecule has 0 spiro atoms. The van der Waals surface area contributed by atoms with Crippen LogP contribution < -0.4 is 20.1 Å². The standard InChI is InChI=1S/C19H19F3N2O4/c1-19(2,17(25)23-12-7-6-11(20)15(21)16(12)22)18(26)24-13-9-10(27-3)5-8-14(13)28-4/h5-9H,1-4H3,(H,23,25)(H,24,26). The highest BCUT2D eigenvalue weighted by atomic mass is 19.2. The molecule has 150 valence electrons. The molecule has 0 fully saturated rings. The van der Waals surface area contributed by atoms with Gasteiger partial charge in [-0.3, -0.25) is 9.59 Å². The van der Waals surface area contributed by atoms with E-state index < -0.39 is 40.4 Å². The van der Waals surface area contributed by atoms with Gasteiger partial charge in [-0.05, 0) is 38.1 Å². The second kappa shape index (κ2) is 8.20. The van der Waals surface area contributed by atoms with Crippen molar-refractivity contribution in [3.63, 3.8) is 0 Å². The highest BCUT2D eigenvalue weighted by Gasteiger charge is 2.37. The number of ether oxygens (including phenoxy) is 2. The van der Waals surface area contributed by atoms with Crippen molar-refractivity contribution in [3.8, 4) is 11.5 Å². The molecule has 2 N–H and O–H groups in total. The Balaban J connectivity index is 2.23. The molecule has 0 aliphatic carbocycles. The summed E-state index contributed by atoms with van der Waals surface area (Å²) in [4.78, 5) is 25.1. The number of hydrogen-bond donors (Lipinski definition) is 2. The van der Waals surface area contributed by atoms with Gasteiger partial charge in [-0.1, -0.05) is 0 Å². The average Bonchev–Trinajstić information content (AvgIpc) is 2.68. The van der Waals surface area contributed by atoms with E-state index in [0.717, 1.165) is 6.07 Å². The monoisotopic (exact) mass is 396 g/mol. The Morgan fingerprint density at radius 2 is 1.46 bits per heavy atom. The molecule has 0 bridgehead atoms.